The van der Waals surface area contributed by atoms with Crippen LogP contribution in [0.2, 0.25) is 0 Å². The average molecular weight is 1880 g/mol. The molecule has 6 saturated heterocycles. The maximum Gasteiger partial charge on any atom is 1.00 e. The standard InChI is InChI=1S/C18H25NO7S.C13H22N4O2.C13H24N2O2.C11H18N4O4.C11H19NO5.C7H12O.C6H10N4O2.C2HF3O2.N3.Na/c1-12-6-8-14(9-7-12)27(22,23)26-13-10-15(16(20)24-5)19(11-13)17(21)25-18(2,3)4;1-19-13(18)12-7-11(15-16-14)9-17(12)8-10-5-3-2-4-6-10;1-17-13(16)12-7-11(14)9-15(12)8-10-5-3-2-4-6-10;1-11(2,3)19-10(17)15-6-7(13-14-12)5-8(15)9(16)18-4;1-11(2,3)17-10(15)12-6-7(13)5-8(12)9(14)16-4;8-6-7-4-2-1-3-5-7;1-12-6(11)5-2-4(3-8-5)9-10-7;3-2(4,5)1(6)7;1-3-2;/h6-9,13,15H,10-11H2,1-5H3;10-12H,2-9H2,1H3;10-12H,2-9,14H2,1H3;7-8H,5-6H2,1-4H3;7-8,13H,5-6H2,1-4H3;6-7H,1-5H2;4-5,8H,2-3H2,1H3;(H,6,7);;/q;;;;;;;;-1;+1/t13-,15-;2*11-,12+;7-,8+;7-,8-;;4-,5+;;;/m01110.1.../s1. The van der Waals surface area contributed by atoms with Crippen LogP contribution in [0.4, 0.5) is 27.6 Å². The predicted molar refractivity (Wildman–Crippen MR) is 458 cm³/mol. The van der Waals surface area contributed by atoms with Crippen molar-refractivity contribution in [2.24, 2.45) is 38.8 Å². The number of benzene rings is 1. The second kappa shape index (κ2) is 59.3. The normalized spacial score (nSPS) is 23.8. The summed E-state index contributed by atoms with van der Waals surface area (Å²) in [5.41, 5.74) is 43.4. The first-order valence-corrected chi connectivity index (χ1v) is 43.8. The number of aliphatic carboxylic acids is 1. The number of aliphatic hydroxyl groups is 1. The van der Waals surface area contributed by atoms with Crippen LogP contribution in [0.15, 0.2) is 44.5 Å². The molecule has 0 radical (unpaired) electrons. The Kier molecular flexibility index (Phi) is 54.1. The zero-order valence-electron chi connectivity index (χ0n) is 77.6. The number of aliphatic hydroxyl groups excluding tert-OH is 1. The van der Waals surface area contributed by atoms with Crippen LogP contribution in [-0.4, -0.2) is 300 Å². The monoisotopic (exact) mass is 1880 g/mol. The van der Waals surface area contributed by atoms with Crippen LogP contribution < -0.4 is 40.6 Å². The molecule has 0 unspecified atom stereocenters. The first kappa shape index (κ1) is 119. The predicted octanol–water partition coefficient (Wildman–Crippen LogP) is 8.73. The van der Waals surface area contributed by atoms with Gasteiger partial charge in [0, 0.05) is 78.8 Å². The first-order valence-electron chi connectivity index (χ1n) is 42.4. The van der Waals surface area contributed by atoms with Gasteiger partial charge in [0.1, 0.15) is 59.3 Å². The Bertz CT molecular complexity index is 4050. The molecule has 0 bridgehead atoms. The molecular weight excluding hydrogens is 1750 g/mol. The van der Waals surface area contributed by atoms with Gasteiger partial charge in [0.25, 0.3) is 10.1 Å². The molecule has 10 rings (SSSR count). The molecule has 1 aromatic carbocycles. The Morgan fingerprint density at radius 1 is 0.500 bits per heavy atom. The van der Waals surface area contributed by atoms with E-state index >= 15 is 0 Å². The molecule has 0 spiro atoms. The van der Waals surface area contributed by atoms with Crippen molar-refractivity contribution in [1.29, 1.82) is 0 Å². The van der Waals surface area contributed by atoms with E-state index in [1.54, 1.807) is 74.4 Å². The van der Waals surface area contributed by atoms with Gasteiger partial charge in [-0.2, -0.15) is 21.6 Å². The molecule has 5 N–H and O–H groups in total. The minimum absolute atomic E-state index is 0. The number of β-amino-alcohol motifs (C(OH)–C–C–N with tert-alkyl or cyclic N) is 1. The van der Waals surface area contributed by atoms with Crippen molar-refractivity contribution in [3.63, 3.8) is 0 Å². The van der Waals surface area contributed by atoms with Crippen LogP contribution in [0.1, 0.15) is 203 Å². The Morgan fingerprint density at radius 2 is 0.846 bits per heavy atom. The van der Waals surface area contributed by atoms with Gasteiger partial charge >= 0.3 is 95.8 Å². The number of azide groups is 3. The molecule has 12 atom stereocenters. The van der Waals surface area contributed by atoms with Gasteiger partial charge in [-0.3, -0.25) is 48.0 Å². The molecule has 6 heterocycles. The molecule has 9 aliphatic rings. The van der Waals surface area contributed by atoms with E-state index in [1.165, 1.54) is 153 Å². The van der Waals surface area contributed by atoms with E-state index in [2.05, 4.69) is 59.4 Å². The smallest absolute Gasteiger partial charge is 0.475 e. The summed E-state index contributed by atoms with van der Waals surface area (Å²) in [5, 5.41) is 30.3. The van der Waals surface area contributed by atoms with Gasteiger partial charge in [0.05, 0.1) is 91.0 Å². The molecule has 130 heavy (non-hydrogen) atoms. The van der Waals surface area contributed by atoms with Crippen LogP contribution >= 0.6 is 0 Å². The van der Waals surface area contributed by atoms with Crippen molar-refractivity contribution in [2.75, 3.05) is 95.0 Å². The van der Waals surface area contributed by atoms with Gasteiger partial charge in [-0.1, -0.05) is 90.8 Å². The van der Waals surface area contributed by atoms with Crippen molar-refractivity contribution >= 4 is 76.5 Å². The van der Waals surface area contributed by atoms with Gasteiger partial charge in [0.2, 0.25) is 0 Å². The number of amides is 3. The number of alkyl halides is 3. The molecule has 44 nitrogen and oxygen atoms in total. The zero-order chi connectivity index (χ0) is 97.7. The van der Waals surface area contributed by atoms with Crippen molar-refractivity contribution in [1.82, 2.24) is 29.8 Å². The van der Waals surface area contributed by atoms with Crippen LogP contribution in [0, 0.1) is 24.7 Å². The Morgan fingerprint density at radius 3 is 1.23 bits per heavy atom. The fraction of sp³-hybridized carbons (Fsp3) is 0.790. The molecular formula is C81H131F3N19NaO25S. The topological polar surface area (TPSA) is 614 Å². The Labute approximate surface area is 778 Å². The number of halogens is 3. The van der Waals surface area contributed by atoms with E-state index in [0.29, 0.717) is 37.8 Å². The van der Waals surface area contributed by atoms with Crippen molar-refractivity contribution < 1.29 is 161 Å². The molecule has 3 amide bonds. The van der Waals surface area contributed by atoms with E-state index in [9.17, 15) is 74.6 Å². The van der Waals surface area contributed by atoms with Gasteiger partial charge in [0.15, 0.2) is 0 Å². The van der Waals surface area contributed by atoms with Crippen molar-refractivity contribution in [2.45, 2.75) is 305 Å². The summed E-state index contributed by atoms with van der Waals surface area (Å²) in [6, 6.07) is 2.53. The second-order valence-corrected chi connectivity index (χ2v) is 36.4. The first-order chi connectivity index (χ1) is 60.5. The van der Waals surface area contributed by atoms with Crippen molar-refractivity contribution in [3.05, 3.63) is 77.1 Å². The number of ether oxygens (including phenoxy) is 9. The number of nitrogens with two attached hydrogens (primary N) is 1. The van der Waals surface area contributed by atoms with Crippen LogP contribution in [0.5, 0.6) is 0 Å². The fourth-order valence-electron chi connectivity index (χ4n) is 15.3. The summed E-state index contributed by atoms with van der Waals surface area (Å²) in [6.07, 6.45) is 14.0. The molecule has 3 aliphatic carbocycles. The van der Waals surface area contributed by atoms with E-state index in [4.69, 9.17) is 75.9 Å². The quantitative estimate of drug-likeness (QED) is 0.0165. The summed E-state index contributed by atoms with van der Waals surface area (Å²) >= 11 is 0. The third kappa shape index (κ3) is 44.3. The molecule has 728 valence electrons. The minimum atomic E-state index is -5.08. The number of carbonyl (C=O) groups excluding carboxylic acids is 10. The molecule has 9 fully saturated rings. The Balaban J connectivity index is 0.000000757. The third-order valence-corrected chi connectivity index (χ3v) is 22.6. The zero-order valence-corrected chi connectivity index (χ0v) is 80.4. The summed E-state index contributed by atoms with van der Waals surface area (Å²) in [5.74, 6) is -3.28. The number of nitrogens with zero attached hydrogens (tertiary/aromatic N) is 17. The number of rotatable bonds is 17. The van der Waals surface area contributed by atoms with Gasteiger partial charge in [-0.15, -0.1) is 0 Å². The van der Waals surface area contributed by atoms with Crippen LogP contribution in [-0.2, 0) is 95.3 Å². The number of hydrogen-bond donors (Lipinski definition) is 4. The molecule has 1 aromatic rings. The molecule has 0 aromatic heterocycles. The number of esters is 6. The minimum Gasteiger partial charge on any atom is -0.475 e. The number of aryl methyl sites for hydroxylation is 1. The number of carboxylic acid groups (broad SMARTS) is 1. The van der Waals surface area contributed by atoms with E-state index in [0.717, 1.165) is 61.6 Å². The summed E-state index contributed by atoms with van der Waals surface area (Å²) in [4.78, 5) is 143. The summed E-state index contributed by atoms with van der Waals surface area (Å²) < 4.78 is 106. The SMILES string of the molecule is COC(=O)[C@@H]1C[C@@H](N)CN1CC1CCCCC1.COC(=O)[C@@H]1C[C@@H](N=[N+]=[N-])CN1.COC(=O)[C@@H]1C[C@@H](N=[N+]=[N-])CN1C(=O)OC(C)(C)C.COC(=O)[C@@H]1C[C@@H](N=[N+]=[N-])CN1CC1CCCCC1.COC(=O)[C@@H]1C[C@H](O)CN1C(=O)OC(C)(C)C.COC(=O)[C@@H]1C[C@H](OS(=O)(=O)c2ccc(C)cc2)CN1C(=O)OC(C)(C)C.O=C(O)C(F)(F)F.O=CC1CCCCC1.[N-]=[N+]=[N-].[Na+]. The number of methoxy groups -OCH3 is 6. The van der Waals surface area contributed by atoms with Crippen LogP contribution in [0.3, 0.4) is 0 Å². The van der Waals surface area contributed by atoms with Gasteiger partial charge in [-0.05, 0) is 174 Å². The fourth-order valence-corrected chi connectivity index (χ4v) is 16.3. The maximum atomic E-state index is 12.5. The third-order valence-electron chi connectivity index (χ3n) is 21.2. The number of aldehydes is 1. The number of hydrogen-bond acceptors (Lipinski definition) is 31. The van der Waals surface area contributed by atoms with E-state index in [1.807, 2.05) is 6.92 Å². The maximum absolute atomic E-state index is 12.5. The summed E-state index contributed by atoms with van der Waals surface area (Å²) in [7, 11) is 3.89. The second-order valence-electron chi connectivity index (χ2n) is 34.8. The summed E-state index contributed by atoms with van der Waals surface area (Å²) in [6.45, 7) is 21.5. The molecule has 6 aliphatic heterocycles. The molecule has 3 saturated carbocycles. The number of likely N-dealkylation sites (tertiary alicyclic amines) is 5. The van der Waals surface area contributed by atoms with Crippen molar-refractivity contribution in [3.8, 4) is 0 Å². The Hall–Kier alpha value is -9.27. The number of carboxylic acids is 1. The van der Waals surface area contributed by atoms with Crippen LogP contribution in [0.25, 0.3) is 47.3 Å². The number of carbonyl (C=O) groups is 11. The van der Waals surface area contributed by atoms with Gasteiger partial charge < -0.3 is 79.8 Å². The van der Waals surface area contributed by atoms with E-state index < -0.39 is 112 Å². The average Bonchev–Trinajstić information content (AvgIpc) is 1.84. The largest absolute Gasteiger partial charge is 1.00 e. The molecule has 49 heteroatoms. The van der Waals surface area contributed by atoms with E-state index in [-0.39, 0.29) is 128 Å². The van der Waals surface area contributed by atoms with Gasteiger partial charge in [-0.25, -0.2) is 33.6 Å². The number of nitrogens with one attached hydrogen (secondary N) is 1.